The summed E-state index contributed by atoms with van der Waals surface area (Å²) in [7, 11) is -4.85. The van der Waals surface area contributed by atoms with Crippen LogP contribution in [0.5, 0.6) is 0 Å². The molecule has 10 heavy (non-hydrogen) atoms. The summed E-state index contributed by atoms with van der Waals surface area (Å²) in [6, 6.07) is 0. The minimum absolute atomic E-state index is 0. The minimum Gasteiger partial charge on any atom is -0.552 e. The molecule has 0 unspecified atom stereocenters. The third-order valence-electron chi connectivity index (χ3n) is 0.440. The topological polar surface area (TPSA) is 48.2 Å². The SMILES string of the molecule is C[Si](C)(C)[N-]S(C)(=O)=O.[Na+]. The van der Waals surface area contributed by atoms with E-state index < -0.39 is 18.3 Å². The van der Waals surface area contributed by atoms with Crippen LogP contribution < -0.4 is 29.6 Å². The van der Waals surface area contributed by atoms with Gasteiger partial charge in [-0.2, -0.15) is 0 Å². The number of nitrogens with zero attached hydrogens (tertiary/aromatic N) is 1. The molecule has 0 aromatic heterocycles. The minimum atomic E-state index is -3.10. The smallest absolute Gasteiger partial charge is 0.552 e. The van der Waals surface area contributed by atoms with Crippen LogP contribution in [0.1, 0.15) is 0 Å². The Balaban J connectivity index is 0. The van der Waals surface area contributed by atoms with Gasteiger partial charge in [-0.1, -0.05) is 27.9 Å². The van der Waals surface area contributed by atoms with E-state index in [9.17, 15) is 8.42 Å². The van der Waals surface area contributed by atoms with E-state index in [1.165, 1.54) is 0 Å². The molecule has 0 amide bonds. The van der Waals surface area contributed by atoms with Gasteiger partial charge < -0.3 is 4.39 Å². The van der Waals surface area contributed by atoms with Crippen LogP contribution in [0.25, 0.3) is 4.39 Å². The Morgan fingerprint density at radius 2 is 1.50 bits per heavy atom. The summed E-state index contributed by atoms with van der Waals surface area (Å²) in [4.78, 5) is 0. The van der Waals surface area contributed by atoms with Crippen molar-refractivity contribution in [2.45, 2.75) is 19.6 Å². The van der Waals surface area contributed by atoms with Crippen molar-refractivity contribution in [3.8, 4) is 0 Å². The molecule has 0 rings (SSSR count). The molecule has 0 saturated carbocycles. The summed E-state index contributed by atoms with van der Waals surface area (Å²) in [6.07, 6.45) is 1.13. The van der Waals surface area contributed by atoms with E-state index in [0.717, 1.165) is 6.26 Å². The fourth-order valence-corrected chi connectivity index (χ4v) is 4.48. The molecule has 0 radical (unpaired) electrons. The maximum absolute atomic E-state index is 10.5. The van der Waals surface area contributed by atoms with Gasteiger partial charge in [0.15, 0.2) is 0 Å². The molecule has 0 aromatic rings. The fraction of sp³-hybridized carbons (Fsp3) is 1.00. The van der Waals surface area contributed by atoms with Crippen molar-refractivity contribution in [2.75, 3.05) is 6.26 Å². The molecule has 0 aliphatic carbocycles. The van der Waals surface area contributed by atoms with Crippen molar-refractivity contribution in [1.29, 1.82) is 0 Å². The molecule has 0 atom stereocenters. The molecule has 0 heterocycles. The quantitative estimate of drug-likeness (QED) is 0.479. The first kappa shape index (κ1) is 13.7. The fourth-order valence-electron chi connectivity index (χ4n) is 0.497. The maximum atomic E-state index is 10.5. The van der Waals surface area contributed by atoms with Crippen molar-refractivity contribution in [2.24, 2.45) is 0 Å². The van der Waals surface area contributed by atoms with Gasteiger partial charge in [-0.15, -0.1) is 0 Å². The van der Waals surface area contributed by atoms with Crippen molar-refractivity contribution < 1.29 is 38.0 Å². The van der Waals surface area contributed by atoms with Gasteiger partial charge in [-0.05, 0) is 0 Å². The Labute approximate surface area is 86.0 Å². The third-order valence-corrected chi connectivity index (χ3v) is 3.96. The van der Waals surface area contributed by atoms with Gasteiger partial charge in [-0.3, -0.25) is 0 Å². The van der Waals surface area contributed by atoms with E-state index in [2.05, 4.69) is 4.39 Å². The molecule has 0 spiro atoms. The largest absolute Gasteiger partial charge is 1.00 e. The van der Waals surface area contributed by atoms with Gasteiger partial charge in [0.05, 0.1) is 10.0 Å². The van der Waals surface area contributed by atoms with Crippen LogP contribution in [0.4, 0.5) is 0 Å². The summed E-state index contributed by atoms with van der Waals surface area (Å²) in [5, 5.41) is 0. The summed E-state index contributed by atoms with van der Waals surface area (Å²) in [5.74, 6) is 0. The van der Waals surface area contributed by atoms with Gasteiger partial charge in [0, 0.05) is 6.26 Å². The predicted octanol–water partition coefficient (Wildman–Crippen LogP) is -1.84. The Morgan fingerprint density at radius 1 is 1.20 bits per heavy atom. The number of hydrogen-bond acceptors (Lipinski definition) is 2. The molecule has 0 saturated heterocycles. The van der Waals surface area contributed by atoms with E-state index in [1.54, 1.807) is 0 Å². The maximum Gasteiger partial charge on any atom is 1.00 e. The second kappa shape index (κ2) is 4.23. The van der Waals surface area contributed by atoms with Gasteiger partial charge in [-0.25, -0.2) is 8.42 Å². The summed E-state index contributed by atoms with van der Waals surface area (Å²) in [6.45, 7) is 5.65. The first-order chi connectivity index (χ1) is 3.71. The predicted molar refractivity (Wildman–Crippen MR) is 41.5 cm³/mol. The normalized spacial score (nSPS) is 12.4. The summed E-state index contributed by atoms with van der Waals surface area (Å²) >= 11 is 0. The van der Waals surface area contributed by atoms with E-state index in [1.807, 2.05) is 19.6 Å². The second-order valence-corrected chi connectivity index (χ2v) is 9.53. The summed E-state index contributed by atoms with van der Waals surface area (Å²) in [5.41, 5.74) is 0. The van der Waals surface area contributed by atoms with E-state index in [-0.39, 0.29) is 29.6 Å². The Bertz CT molecular complexity index is 184. The zero-order chi connectivity index (χ0) is 7.71. The molecule has 56 valence electrons. The van der Waals surface area contributed by atoms with Crippen LogP contribution in [0.15, 0.2) is 0 Å². The Hall–Kier alpha value is 1.13. The molecule has 3 nitrogen and oxygen atoms in total. The average molecular weight is 189 g/mol. The molecule has 0 aromatic carbocycles. The van der Waals surface area contributed by atoms with E-state index in [0.29, 0.717) is 0 Å². The van der Waals surface area contributed by atoms with E-state index in [4.69, 9.17) is 0 Å². The van der Waals surface area contributed by atoms with Gasteiger partial charge in [0.1, 0.15) is 0 Å². The second-order valence-electron chi connectivity index (χ2n) is 3.00. The van der Waals surface area contributed by atoms with Crippen molar-refractivity contribution in [3.05, 3.63) is 4.39 Å². The monoisotopic (exact) mass is 189 g/mol. The molecule has 0 fully saturated rings. The third kappa shape index (κ3) is 11.9. The Kier molecular flexibility index (Phi) is 5.79. The Morgan fingerprint density at radius 3 is 1.50 bits per heavy atom. The van der Waals surface area contributed by atoms with Gasteiger partial charge >= 0.3 is 29.6 Å². The van der Waals surface area contributed by atoms with Crippen LogP contribution in [0, 0.1) is 0 Å². The van der Waals surface area contributed by atoms with E-state index >= 15 is 0 Å². The molecule has 0 bridgehead atoms. The van der Waals surface area contributed by atoms with Crippen molar-refractivity contribution in [1.82, 2.24) is 0 Å². The van der Waals surface area contributed by atoms with Gasteiger partial charge in [0.2, 0.25) is 0 Å². The molecule has 0 N–H and O–H groups in total. The molecule has 0 aliphatic heterocycles. The van der Waals surface area contributed by atoms with Crippen LogP contribution in [0.3, 0.4) is 0 Å². The average Bonchev–Trinajstić information content (AvgIpc) is 1.14. The number of hydrogen-bond donors (Lipinski definition) is 0. The molecule has 0 aliphatic rings. The standard InChI is InChI=1S/C4H12NO2SSi.Na/c1-8(6,7)5-9(2,3)4;/h1-4H3;/q-1;+1. The van der Waals surface area contributed by atoms with Crippen molar-refractivity contribution in [3.63, 3.8) is 0 Å². The zero-order valence-corrected chi connectivity index (χ0v) is 11.0. The number of rotatable bonds is 2. The van der Waals surface area contributed by atoms with Crippen LogP contribution in [0.2, 0.25) is 19.6 Å². The van der Waals surface area contributed by atoms with Crippen molar-refractivity contribution >= 4 is 18.3 Å². The van der Waals surface area contributed by atoms with Crippen LogP contribution in [-0.2, 0) is 10.0 Å². The number of sulfonamides is 1. The first-order valence-electron chi connectivity index (χ1n) is 2.65. The van der Waals surface area contributed by atoms with Crippen LogP contribution >= 0.6 is 0 Å². The van der Waals surface area contributed by atoms with Gasteiger partial charge in [0.25, 0.3) is 0 Å². The first-order valence-corrected chi connectivity index (χ1v) is 7.94. The molecular weight excluding hydrogens is 177 g/mol. The summed E-state index contributed by atoms with van der Waals surface area (Å²) < 4.78 is 24.7. The molecule has 6 heteroatoms. The zero-order valence-electron chi connectivity index (χ0n) is 7.17. The molecular formula is C4H12NNaO2SSi. The van der Waals surface area contributed by atoms with Crippen LogP contribution in [-0.4, -0.2) is 22.9 Å².